The average molecular weight is 777 g/mol. The Bertz CT molecular complexity index is 2140. The Hall–Kier alpha value is -5.46. The van der Waals surface area contributed by atoms with Gasteiger partial charge in [-0.1, -0.05) is 115 Å². The zero-order valence-electron chi connectivity index (χ0n) is 30.3. The summed E-state index contributed by atoms with van der Waals surface area (Å²) in [5, 5.41) is 2.71. The summed E-state index contributed by atoms with van der Waals surface area (Å²) in [6, 6.07) is 39.3. The zero-order valence-corrected chi connectivity index (χ0v) is 31.2. The molecular formula is C43H39NO11P-. The zero-order chi connectivity index (χ0) is 39.1. The maximum Gasteiger partial charge on any atom is 0.338 e. The van der Waals surface area contributed by atoms with E-state index in [1.807, 2.05) is 78.9 Å². The lowest BCUT2D eigenvalue weighted by Gasteiger charge is -2.46. The van der Waals surface area contributed by atoms with Gasteiger partial charge in [-0.25, -0.2) is 9.59 Å². The van der Waals surface area contributed by atoms with E-state index in [0.717, 1.165) is 27.8 Å². The average Bonchev–Trinajstić information content (AvgIpc) is 3.54. The van der Waals surface area contributed by atoms with E-state index in [1.54, 1.807) is 48.5 Å². The molecule has 0 saturated carbocycles. The van der Waals surface area contributed by atoms with Crippen LogP contribution in [-0.4, -0.2) is 61.7 Å². The number of rotatable bonds is 14. The first-order chi connectivity index (χ1) is 27.2. The molecule has 13 heteroatoms. The Morgan fingerprint density at radius 2 is 1.23 bits per heavy atom. The second-order valence-corrected chi connectivity index (χ2v) is 14.7. The molecule has 56 heavy (non-hydrogen) atoms. The number of hydrogen-bond acceptors (Lipinski definition) is 11. The first kappa shape index (κ1) is 38.8. The van der Waals surface area contributed by atoms with Crippen LogP contribution in [-0.2, 0) is 44.0 Å². The molecule has 0 radical (unpaired) electrons. The van der Waals surface area contributed by atoms with Crippen LogP contribution >= 0.6 is 7.82 Å². The molecular weight excluding hydrogens is 737 g/mol. The molecule has 12 nitrogen and oxygen atoms in total. The monoisotopic (exact) mass is 776 g/mol. The fraction of sp³-hybridized carbons (Fsp3) is 0.233. The van der Waals surface area contributed by atoms with Gasteiger partial charge in [0.15, 0.2) is 12.4 Å². The van der Waals surface area contributed by atoms with Crippen LogP contribution in [0, 0.1) is 0 Å². The van der Waals surface area contributed by atoms with Gasteiger partial charge in [0.25, 0.3) is 7.82 Å². The minimum Gasteiger partial charge on any atom is -0.756 e. The predicted octanol–water partition coefficient (Wildman–Crippen LogP) is 6.20. The van der Waals surface area contributed by atoms with Crippen molar-refractivity contribution < 1.29 is 51.8 Å². The van der Waals surface area contributed by atoms with Gasteiger partial charge in [0.1, 0.15) is 24.9 Å². The summed E-state index contributed by atoms with van der Waals surface area (Å²) in [5.41, 5.74) is 4.84. The van der Waals surface area contributed by atoms with Crippen LogP contribution in [0.4, 0.5) is 0 Å². The number of amides is 1. The van der Waals surface area contributed by atoms with Gasteiger partial charge in [-0.2, -0.15) is 0 Å². The van der Waals surface area contributed by atoms with Crippen molar-refractivity contribution in [2.45, 2.75) is 50.1 Å². The Balaban J connectivity index is 1.21. The highest BCUT2D eigenvalue weighted by atomic mass is 31.2. The van der Waals surface area contributed by atoms with Gasteiger partial charge < -0.3 is 38.2 Å². The number of carbonyl (C=O) groups is 3. The van der Waals surface area contributed by atoms with Crippen LogP contribution in [0.25, 0.3) is 11.1 Å². The summed E-state index contributed by atoms with van der Waals surface area (Å²) in [6.07, 6.45) is -6.03. The summed E-state index contributed by atoms with van der Waals surface area (Å²) in [5.74, 6) is -2.56. The molecule has 7 rings (SSSR count). The van der Waals surface area contributed by atoms with E-state index in [4.69, 9.17) is 28.0 Å². The van der Waals surface area contributed by atoms with Crippen LogP contribution in [0.3, 0.4) is 0 Å². The SMILES string of the molecule is CC(=O)N[C@H]1[C@@H](OCc2ccccc2)O[C@H](COC(=O)c2ccccc2)[C@@H](OP(=O)([O-])OCC2c3ccccc3-c3ccccc32)[C@@H]1OC(=O)c1ccccc1. The second-order valence-electron chi connectivity index (χ2n) is 13.3. The fourth-order valence-electron chi connectivity index (χ4n) is 6.95. The van der Waals surface area contributed by atoms with Crippen LogP contribution in [0.2, 0.25) is 0 Å². The Labute approximate surface area is 323 Å². The van der Waals surface area contributed by atoms with Crippen LogP contribution in [0.5, 0.6) is 0 Å². The maximum absolute atomic E-state index is 14.0. The van der Waals surface area contributed by atoms with E-state index in [0.29, 0.717) is 0 Å². The molecule has 1 saturated heterocycles. The van der Waals surface area contributed by atoms with Crippen molar-refractivity contribution >= 4 is 25.7 Å². The van der Waals surface area contributed by atoms with Gasteiger partial charge in [-0.3, -0.25) is 9.36 Å². The highest BCUT2D eigenvalue weighted by Gasteiger charge is 2.52. The fourth-order valence-corrected chi connectivity index (χ4v) is 7.90. The summed E-state index contributed by atoms with van der Waals surface area (Å²) >= 11 is 0. The summed E-state index contributed by atoms with van der Waals surface area (Å²) in [7, 11) is -5.29. The van der Waals surface area contributed by atoms with E-state index >= 15 is 0 Å². The van der Waals surface area contributed by atoms with Crippen molar-refractivity contribution in [1.82, 2.24) is 5.32 Å². The van der Waals surface area contributed by atoms with E-state index < -0.39 is 68.8 Å². The number of nitrogens with one attached hydrogen (secondary N) is 1. The van der Waals surface area contributed by atoms with Crippen molar-refractivity contribution in [3.8, 4) is 11.1 Å². The van der Waals surface area contributed by atoms with E-state index in [9.17, 15) is 23.8 Å². The van der Waals surface area contributed by atoms with Crippen LogP contribution < -0.4 is 10.2 Å². The van der Waals surface area contributed by atoms with E-state index in [-0.39, 0.29) is 24.3 Å². The molecule has 0 bridgehead atoms. The minimum atomic E-state index is -5.29. The van der Waals surface area contributed by atoms with Crippen molar-refractivity contribution in [2.24, 2.45) is 0 Å². The third-order valence-corrected chi connectivity index (χ3v) is 10.5. The third-order valence-electron chi connectivity index (χ3n) is 9.53. The predicted molar refractivity (Wildman–Crippen MR) is 202 cm³/mol. The van der Waals surface area contributed by atoms with Gasteiger partial charge in [0.2, 0.25) is 5.91 Å². The number of ether oxygens (including phenoxy) is 4. The van der Waals surface area contributed by atoms with Crippen molar-refractivity contribution in [1.29, 1.82) is 0 Å². The number of benzene rings is 5. The van der Waals surface area contributed by atoms with Crippen LogP contribution in [0.1, 0.15) is 50.2 Å². The molecule has 1 aliphatic heterocycles. The number of esters is 2. The molecule has 1 unspecified atom stereocenters. The molecule has 0 spiro atoms. The Kier molecular flexibility index (Phi) is 12.2. The Morgan fingerprint density at radius 3 is 1.82 bits per heavy atom. The third kappa shape index (κ3) is 9.14. The van der Waals surface area contributed by atoms with E-state index in [2.05, 4.69) is 5.32 Å². The normalized spacial score (nSPS) is 21.2. The number of phosphoric ester groups is 1. The lowest BCUT2D eigenvalue weighted by molar-refractivity contribution is -0.286. The standard InChI is InChI=1S/C43H40NO11P/c1-28(45)44-38-40(54-42(47)31-19-9-4-10-20-31)39(55-56(48,49)52-26-36-34-23-13-11-21-32(34)33-22-12-14-24-35(33)36)37(27-50-41(46)30-17-7-3-8-18-30)53-43(38)51-25-29-15-5-2-6-16-29/h2-24,36-40,43H,25-27H2,1H3,(H,44,45)(H,48,49)/p-1/t37-,38-,39-,40-,43+/m1/s1. The molecule has 0 aromatic heterocycles. The van der Waals surface area contributed by atoms with Crippen molar-refractivity contribution in [2.75, 3.05) is 13.2 Å². The lowest BCUT2D eigenvalue weighted by atomic mass is 9.96. The molecule has 5 aromatic rings. The van der Waals surface area contributed by atoms with Gasteiger partial charge in [0.05, 0.1) is 24.3 Å². The van der Waals surface area contributed by atoms with Gasteiger partial charge in [0, 0.05) is 12.8 Å². The molecule has 6 atom stereocenters. The van der Waals surface area contributed by atoms with E-state index in [1.165, 1.54) is 19.1 Å². The number of hydrogen-bond donors (Lipinski definition) is 1. The smallest absolute Gasteiger partial charge is 0.338 e. The first-order valence-electron chi connectivity index (χ1n) is 18.1. The number of carbonyl (C=O) groups excluding carboxylic acids is 3. The minimum absolute atomic E-state index is 0.00349. The molecule has 1 fully saturated rings. The van der Waals surface area contributed by atoms with Crippen molar-refractivity contribution in [3.63, 3.8) is 0 Å². The summed E-state index contributed by atoms with van der Waals surface area (Å²) < 4.78 is 49.6. The quantitative estimate of drug-likeness (QED) is 0.101. The van der Waals surface area contributed by atoms with Gasteiger partial charge in [-0.05, 0) is 52.1 Å². The highest BCUT2D eigenvalue weighted by molar-refractivity contribution is 7.45. The summed E-state index contributed by atoms with van der Waals surface area (Å²) in [4.78, 5) is 53.5. The number of phosphoric acid groups is 1. The molecule has 1 heterocycles. The largest absolute Gasteiger partial charge is 0.756 e. The number of fused-ring (bicyclic) bond motifs is 3. The molecule has 1 N–H and O–H groups in total. The highest BCUT2D eigenvalue weighted by Crippen LogP contribution is 2.49. The van der Waals surface area contributed by atoms with Crippen molar-refractivity contribution in [3.05, 3.63) is 167 Å². The topological polar surface area (TPSA) is 159 Å². The first-order valence-corrected chi connectivity index (χ1v) is 19.5. The van der Waals surface area contributed by atoms with Gasteiger partial charge in [-0.15, -0.1) is 0 Å². The molecule has 1 amide bonds. The molecule has 1 aliphatic carbocycles. The second kappa shape index (κ2) is 17.6. The van der Waals surface area contributed by atoms with Gasteiger partial charge >= 0.3 is 11.9 Å². The maximum atomic E-state index is 14.0. The Morgan fingerprint density at radius 1 is 0.696 bits per heavy atom. The van der Waals surface area contributed by atoms with Crippen LogP contribution in [0.15, 0.2) is 140 Å². The lowest BCUT2D eigenvalue weighted by Crippen LogP contribution is -2.66. The molecule has 5 aromatic carbocycles. The summed E-state index contributed by atoms with van der Waals surface area (Å²) in [6.45, 7) is 0.380. The molecule has 288 valence electrons. The molecule has 2 aliphatic rings.